The van der Waals surface area contributed by atoms with Gasteiger partial charge in [-0.05, 0) is 19.3 Å². The van der Waals surface area contributed by atoms with Crippen molar-refractivity contribution in [3.63, 3.8) is 0 Å². The highest BCUT2D eigenvalue weighted by molar-refractivity contribution is 5.88. The molecule has 20 heavy (non-hydrogen) atoms. The van der Waals surface area contributed by atoms with E-state index in [0.717, 1.165) is 0 Å². The Morgan fingerprint density at radius 3 is 2.25 bits per heavy atom. The number of nitrogens with one attached hydrogen (secondary N) is 3. The maximum absolute atomic E-state index is 11.6. The molecule has 0 bridgehead atoms. The molecule has 7 heteroatoms. The maximum atomic E-state index is 11.6. The molecule has 2 atom stereocenters. The number of rotatable bonds is 8. The Bertz CT molecular complexity index is 369. The molecule has 0 aliphatic heterocycles. The van der Waals surface area contributed by atoms with Crippen molar-refractivity contribution in [1.29, 1.82) is 0 Å². The lowest BCUT2D eigenvalue weighted by molar-refractivity contribution is -0.139. The highest BCUT2D eigenvalue weighted by atomic mass is 16.4. The lowest BCUT2D eigenvalue weighted by Crippen LogP contribution is -2.52. The molecule has 0 aromatic carbocycles. The van der Waals surface area contributed by atoms with Gasteiger partial charge >= 0.3 is 12.0 Å². The lowest BCUT2D eigenvalue weighted by atomic mass is 10.2. The van der Waals surface area contributed by atoms with Crippen LogP contribution in [0.4, 0.5) is 4.79 Å². The van der Waals surface area contributed by atoms with Crippen LogP contribution in [-0.2, 0) is 9.59 Å². The van der Waals surface area contributed by atoms with Crippen molar-refractivity contribution < 1.29 is 19.5 Å². The van der Waals surface area contributed by atoms with Gasteiger partial charge in [-0.2, -0.15) is 0 Å². The number of aliphatic carboxylic acids is 1. The molecule has 2 unspecified atom stereocenters. The summed E-state index contributed by atoms with van der Waals surface area (Å²) in [6.45, 7) is 9.37. The Labute approximate surface area is 118 Å². The summed E-state index contributed by atoms with van der Waals surface area (Å²) >= 11 is 0. The van der Waals surface area contributed by atoms with Gasteiger partial charge in [0.25, 0.3) is 0 Å². The number of carboxylic acids is 1. The third-order valence-corrected chi connectivity index (χ3v) is 2.43. The van der Waals surface area contributed by atoms with E-state index in [1.807, 2.05) is 13.8 Å². The normalized spacial score (nSPS) is 13.2. The Morgan fingerprint density at radius 1 is 1.20 bits per heavy atom. The minimum atomic E-state index is -1.16. The molecule has 0 heterocycles. The quantitative estimate of drug-likeness (QED) is 0.486. The minimum absolute atomic E-state index is 0.108. The van der Waals surface area contributed by atoms with Crippen LogP contribution in [0.2, 0.25) is 0 Å². The zero-order valence-electron chi connectivity index (χ0n) is 12.1. The van der Waals surface area contributed by atoms with Crippen LogP contribution in [0, 0.1) is 5.92 Å². The number of hydrogen-bond donors (Lipinski definition) is 4. The van der Waals surface area contributed by atoms with Gasteiger partial charge in [0, 0.05) is 6.54 Å². The molecule has 0 aliphatic rings. The van der Waals surface area contributed by atoms with Crippen LogP contribution in [0.5, 0.6) is 0 Å². The number of carbonyl (C=O) groups is 3. The first-order valence-corrected chi connectivity index (χ1v) is 6.46. The summed E-state index contributed by atoms with van der Waals surface area (Å²) in [7, 11) is 0. The molecule has 0 saturated carbocycles. The maximum Gasteiger partial charge on any atom is 0.326 e. The van der Waals surface area contributed by atoms with E-state index < -0.39 is 24.1 Å². The molecular formula is C13H23N3O4. The number of carbonyl (C=O) groups excluding carboxylic acids is 2. The fourth-order valence-electron chi connectivity index (χ4n) is 1.31. The van der Waals surface area contributed by atoms with Crippen molar-refractivity contribution in [3.8, 4) is 0 Å². The topological polar surface area (TPSA) is 108 Å². The van der Waals surface area contributed by atoms with E-state index in [4.69, 9.17) is 5.11 Å². The van der Waals surface area contributed by atoms with Gasteiger partial charge in [0.1, 0.15) is 12.1 Å². The molecule has 0 aromatic heterocycles. The van der Waals surface area contributed by atoms with Gasteiger partial charge in [0.2, 0.25) is 5.91 Å². The SMILES string of the molecule is C=CCC(NC(=O)NC(C)C(=O)NCC(C)C)C(=O)O. The summed E-state index contributed by atoms with van der Waals surface area (Å²) in [6.07, 6.45) is 1.51. The largest absolute Gasteiger partial charge is 0.480 e. The minimum Gasteiger partial charge on any atom is -0.480 e. The van der Waals surface area contributed by atoms with Gasteiger partial charge < -0.3 is 21.1 Å². The van der Waals surface area contributed by atoms with E-state index in [1.165, 1.54) is 13.0 Å². The first kappa shape index (κ1) is 17.9. The van der Waals surface area contributed by atoms with Gasteiger partial charge in [-0.1, -0.05) is 19.9 Å². The first-order chi connectivity index (χ1) is 9.27. The van der Waals surface area contributed by atoms with Crippen LogP contribution in [0.3, 0.4) is 0 Å². The zero-order chi connectivity index (χ0) is 15.7. The molecule has 7 nitrogen and oxygen atoms in total. The van der Waals surface area contributed by atoms with Crippen molar-refractivity contribution in [1.82, 2.24) is 16.0 Å². The molecule has 114 valence electrons. The van der Waals surface area contributed by atoms with Crippen molar-refractivity contribution >= 4 is 17.9 Å². The van der Waals surface area contributed by atoms with Gasteiger partial charge in [-0.3, -0.25) is 4.79 Å². The predicted octanol–water partition coefficient (Wildman–Crippen LogP) is 0.476. The van der Waals surface area contributed by atoms with E-state index in [1.54, 1.807) is 0 Å². The van der Waals surface area contributed by atoms with Crippen molar-refractivity contribution in [2.45, 2.75) is 39.3 Å². The van der Waals surface area contributed by atoms with E-state index in [9.17, 15) is 14.4 Å². The van der Waals surface area contributed by atoms with Crippen LogP contribution in [-0.4, -0.2) is 41.6 Å². The second-order valence-corrected chi connectivity index (χ2v) is 4.89. The zero-order valence-corrected chi connectivity index (χ0v) is 12.1. The molecule has 4 N–H and O–H groups in total. The van der Waals surface area contributed by atoms with E-state index in [2.05, 4.69) is 22.5 Å². The fourth-order valence-corrected chi connectivity index (χ4v) is 1.31. The van der Waals surface area contributed by atoms with Crippen LogP contribution in [0.1, 0.15) is 27.2 Å². The molecule has 0 fully saturated rings. The monoisotopic (exact) mass is 285 g/mol. The number of amides is 3. The average Bonchev–Trinajstić information content (AvgIpc) is 2.34. The summed E-state index contributed by atoms with van der Waals surface area (Å²) < 4.78 is 0. The Morgan fingerprint density at radius 2 is 1.80 bits per heavy atom. The van der Waals surface area contributed by atoms with E-state index in [0.29, 0.717) is 12.5 Å². The van der Waals surface area contributed by atoms with Gasteiger partial charge in [0.05, 0.1) is 0 Å². The van der Waals surface area contributed by atoms with Gasteiger partial charge in [-0.15, -0.1) is 6.58 Å². The third-order valence-electron chi connectivity index (χ3n) is 2.43. The molecule has 3 amide bonds. The lowest BCUT2D eigenvalue weighted by Gasteiger charge is -2.18. The number of urea groups is 1. The molecule has 0 radical (unpaired) electrons. The van der Waals surface area contributed by atoms with E-state index in [-0.39, 0.29) is 12.3 Å². The van der Waals surface area contributed by atoms with Crippen molar-refractivity contribution in [2.24, 2.45) is 5.92 Å². The summed E-state index contributed by atoms with van der Waals surface area (Å²) in [4.78, 5) is 34.1. The molecule has 0 aromatic rings. The predicted molar refractivity (Wildman–Crippen MR) is 75.2 cm³/mol. The van der Waals surface area contributed by atoms with Crippen molar-refractivity contribution in [2.75, 3.05) is 6.54 Å². The smallest absolute Gasteiger partial charge is 0.326 e. The molecule has 0 aliphatic carbocycles. The Hall–Kier alpha value is -2.05. The van der Waals surface area contributed by atoms with E-state index >= 15 is 0 Å². The second kappa shape index (κ2) is 8.95. The van der Waals surface area contributed by atoms with Gasteiger partial charge in [-0.25, -0.2) is 9.59 Å². The number of hydrogen-bond acceptors (Lipinski definition) is 3. The van der Waals surface area contributed by atoms with Crippen LogP contribution < -0.4 is 16.0 Å². The molecule has 0 spiro atoms. The second-order valence-electron chi connectivity index (χ2n) is 4.89. The molecular weight excluding hydrogens is 262 g/mol. The van der Waals surface area contributed by atoms with Crippen LogP contribution in [0.15, 0.2) is 12.7 Å². The summed E-state index contributed by atoms with van der Waals surface area (Å²) in [5, 5.41) is 16.2. The van der Waals surface area contributed by atoms with Crippen LogP contribution in [0.25, 0.3) is 0 Å². The first-order valence-electron chi connectivity index (χ1n) is 6.46. The number of carboxylic acid groups (broad SMARTS) is 1. The molecule has 0 saturated heterocycles. The van der Waals surface area contributed by atoms with Crippen LogP contribution >= 0.6 is 0 Å². The summed E-state index contributed by atoms with van der Waals surface area (Å²) in [5.74, 6) is -1.16. The Balaban J connectivity index is 4.27. The standard InChI is InChI=1S/C13H23N3O4/c1-5-6-10(12(18)19)16-13(20)15-9(4)11(17)14-7-8(2)3/h5,8-10H,1,6-7H2,2-4H3,(H,14,17)(H,18,19)(H2,15,16,20). The summed E-state index contributed by atoms with van der Waals surface area (Å²) in [5.41, 5.74) is 0. The third kappa shape index (κ3) is 7.40. The van der Waals surface area contributed by atoms with Gasteiger partial charge in [0.15, 0.2) is 0 Å². The fraction of sp³-hybridized carbons (Fsp3) is 0.615. The Kier molecular flexibility index (Phi) is 8.03. The highest BCUT2D eigenvalue weighted by Crippen LogP contribution is 1.94. The molecule has 0 rings (SSSR count). The average molecular weight is 285 g/mol. The highest BCUT2D eigenvalue weighted by Gasteiger charge is 2.21. The van der Waals surface area contributed by atoms with Crippen molar-refractivity contribution in [3.05, 3.63) is 12.7 Å². The summed E-state index contributed by atoms with van der Waals surface area (Å²) in [6, 6.07) is -2.50.